The molecule has 160 valence electrons. The quantitative estimate of drug-likeness (QED) is 0.186. The number of unbranched alkanes of at least 4 members (excludes halogenated alkanes) is 1. The van der Waals surface area contributed by atoms with E-state index in [-0.39, 0.29) is 29.5 Å². The van der Waals surface area contributed by atoms with E-state index in [2.05, 4.69) is 27.2 Å². The van der Waals surface area contributed by atoms with E-state index in [0.29, 0.717) is 19.0 Å². The lowest BCUT2D eigenvalue weighted by Gasteiger charge is -2.12. The van der Waals surface area contributed by atoms with Crippen LogP contribution in [0.3, 0.4) is 0 Å². The maximum Gasteiger partial charge on any atom is 0.416 e. The summed E-state index contributed by atoms with van der Waals surface area (Å²) < 4.78 is 37.6. The number of rotatable bonds is 10. The molecule has 0 atom stereocenters. The average Bonchev–Trinajstić information content (AvgIpc) is 2.64. The summed E-state index contributed by atoms with van der Waals surface area (Å²) in [5.41, 5.74) is -0.581. The summed E-state index contributed by atoms with van der Waals surface area (Å²) in [5, 5.41) is 8.92. The topological polar surface area (TPSA) is 65.5 Å². The molecule has 1 rings (SSSR count). The normalized spacial score (nSPS) is 11.5. The number of guanidine groups is 1. The maximum atomic E-state index is 12.5. The molecule has 5 nitrogen and oxygen atoms in total. The molecule has 1 amide bonds. The highest BCUT2D eigenvalue weighted by Crippen LogP contribution is 2.28. The first-order valence-corrected chi connectivity index (χ1v) is 10.2. The summed E-state index contributed by atoms with van der Waals surface area (Å²) in [5.74, 6) is 1.39. The van der Waals surface area contributed by atoms with Crippen molar-refractivity contribution in [3.63, 3.8) is 0 Å². The second-order valence-electron chi connectivity index (χ2n) is 5.72. The van der Waals surface area contributed by atoms with E-state index in [1.54, 1.807) is 0 Å². The van der Waals surface area contributed by atoms with E-state index in [1.165, 1.54) is 12.1 Å². The molecule has 28 heavy (non-hydrogen) atoms. The summed E-state index contributed by atoms with van der Waals surface area (Å²) in [6, 6.07) is 4.15. The van der Waals surface area contributed by atoms with Gasteiger partial charge in [0.1, 0.15) is 0 Å². The Morgan fingerprint density at radius 2 is 1.71 bits per heavy atom. The van der Waals surface area contributed by atoms with Gasteiger partial charge < -0.3 is 16.0 Å². The lowest BCUT2D eigenvalue weighted by Crippen LogP contribution is -2.41. The van der Waals surface area contributed by atoms with E-state index >= 15 is 0 Å². The van der Waals surface area contributed by atoms with Crippen molar-refractivity contribution in [2.45, 2.75) is 25.9 Å². The van der Waals surface area contributed by atoms with Crippen molar-refractivity contribution in [2.75, 3.05) is 38.2 Å². The molecule has 0 unspecified atom stereocenters. The highest BCUT2D eigenvalue weighted by Gasteiger charge is 2.30. The van der Waals surface area contributed by atoms with Crippen LogP contribution in [0.2, 0.25) is 0 Å². The van der Waals surface area contributed by atoms with Crippen LogP contribution in [0.1, 0.15) is 35.7 Å². The largest absolute Gasteiger partial charge is 0.416 e. The number of nitrogens with one attached hydrogen (secondary N) is 3. The van der Waals surface area contributed by atoms with E-state index in [9.17, 15) is 18.0 Å². The minimum absolute atomic E-state index is 0. The van der Waals surface area contributed by atoms with Gasteiger partial charge in [-0.3, -0.25) is 9.79 Å². The van der Waals surface area contributed by atoms with Crippen molar-refractivity contribution in [2.24, 2.45) is 4.99 Å². The zero-order chi connectivity index (χ0) is 20.1. The Hall–Kier alpha value is -1.17. The lowest BCUT2D eigenvalue weighted by molar-refractivity contribution is -0.137. The first-order valence-electron chi connectivity index (χ1n) is 8.85. The number of hydrogen-bond donors (Lipinski definition) is 3. The van der Waals surface area contributed by atoms with Gasteiger partial charge >= 0.3 is 6.18 Å². The van der Waals surface area contributed by atoms with Crippen molar-refractivity contribution < 1.29 is 18.0 Å². The number of alkyl halides is 3. The van der Waals surface area contributed by atoms with E-state index < -0.39 is 17.6 Å². The molecular formula is C18H28F3IN4OS. The van der Waals surface area contributed by atoms with Gasteiger partial charge in [0.25, 0.3) is 5.91 Å². The molecule has 0 saturated carbocycles. The van der Waals surface area contributed by atoms with Crippen molar-refractivity contribution in [1.82, 2.24) is 16.0 Å². The third kappa shape index (κ3) is 11.0. The first kappa shape index (κ1) is 26.8. The Morgan fingerprint density at radius 3 is 2.29 bits per heavy atom. The number of carbonyl (C=O) groups is 1. The summed E-state index contributed by atoms with van der Waals surface area (Å²) >= 11 is 1.81. The van der Waals surface area contributed by atoms with Gasteiger partial charge in [-0.25, -0.2) is 0 Å². The van der Waals surface area contributed by atoms with E-state index in [1.807, 2.05) is 18.7 Å². The van der Waals surface area contributed by atoms with Gasteiger partial charge in [0.2, 0.25) is 0 Å². The van der Waals surface area contributed by atoms with Crippen molar-refractivity contribution >= 4 is 47.6 Å². The zero-order valence-electron chi connectivity index (χ0n) is 16.1. The molecule has 0 saturated heterocycles. The molecule has 0 aliphatic rings. The molecule has 0 bridgehead atoms. The third-order valence-electron chi connectivity index (χ3n) is 3.55. The minimum atomic E-state index is -4.41. The van der Waals surface area contributed by atoms with Crippen molar-refractivity contribution in [3.8, 4) is 0 Å². The van der Waals surface area contributed by atoms with Crippen LogP contribution in [-0.4, -0.2) is 50.1 Å². The number of carbonyl (C=O) groups excluding carboxylic acids is 1. The Bertz CT molecular complexity index is 597. The fraction of sp³-hybridized carbons (Fsp3) is 0.556. The van der Waals surface area contributed by atoms with Crippen LogP contribution in [0.25, 0.3) is 0 Å². The second-order valence-corrected chi connectivity index (χ2v) is 6.70. The number of benzene rings is 1. The fourth-order valence-electron chi connectivity index (χ4n) is 2.16. The Kier molecular flexibility index (Phi) is 14.2. The lowest BCUT2D eigenvalue weighted by atomic mass is 10.1. The van der Waals surface area contributed by atoms with Crippen LogP contribution in [0.5, 0.6) is 0 Å². The van der Waals surface area contributed by atoms with Gasteiger partial charge in [0.15, 0.2) is 5.96 Å². The summed E-state index contributed by atoms with van der Waals surface area (Å²) in [7, 11) is 0. The van der Waals surface area contributed by atoms with E-state index in [4.69, 9.17) is 0 Å². The molecule has 0 aliphatic carbocycles. The fourth-order valence-corrected chi connectivity index (χ4v) is 2.65. The summed E-state index contributed by atoms with van der Waals surface area (Å²) in [6.07, 6.45) is -0.195. The first-order chi connectivity index (χ1) is 12.9. The van der Waals surface area contributed by atoms with E-state index in [0.717, 1.165) is 43.8 Å². The number of thioether (sulfide) groups is 1. The van der Waals surface area contributed by atoms with Gasteiger partial charge in [0.05, 0.1) is 5.56 Å². The molecular weight excluding hydrogens is 504 g/mol. The van der Waals surface area contributed by atoms with Gasteiger partial charge in [-0.15, -0.1) is 24.0 Å². The van der Waals surface area contributed by atoms with Crippen molar-refractivity contribution in [3.05, 3.63) is 35.4 Å². The predicted octanol–water partition coefficient (Wildman–Crippen LogP) is 3.75. The average molecular weight is 532 g/mol. The number of halogens is 4. The highest BCUT2D eigenvalue weighted by molar-refractivity contribution is 14.0. The second kappa shape index (κ2) is 14.8. The number of nitrogens with zero attached hydrogens (tertiary/aromatic N) is 1. The van der Waals surface area contributed by atoms with Crippen molar-refractivity contribution in [1.29, 1.82) is 0 Å². The molecule has 1 aromatic rings. The number of aliphatic imine (C=N–C) groups is 1. The van der Waals surface area contributed by atoms with Crippen LogP contribution >= 0.6 is 35.7 Å². The van der Waals surface area contributed by atoms with Crippen LogP contribution in [0.4, 0.5) is 13.2 Å². The third-order valence-corrected chi connectivity index (χ3v) is 4.25. The van der Waals surface area contributed by atoms with Crippen LogP contribution in [0, 0.1) is 0 Å². The number of hydrogen-bond acceptors (Lipinski definition) is 3. The molecule has 0 spiro atoms. The SMILES string of the molecule is CCNC(=NCCCCSC)NCCNC(=O)c1ccc(C(F)(F)F)cc1.I. The van der Waals surface area contributed by atoms with Crippen LogP contribution in [0.15, 0.2) is 29.3 Å². The predicted molar refractivity (Wildman–Crippen MR) is 121 cm³/mol. The molecule has 0 aliphatic heterocycles. The smallest absolute Gasteiger partial charge is 0.357 e. The Labute approximate surface area is 185 Å². The molecule has 10 heteroatoms. The molecule has 0 aromatic heterocycles. The number of amides is 1. The summed E-state index contributed by atoms with van der Waals surface area (Å²) in [4.78, 5) is 16.4. The molecule has 0 radical (unpaired) electrons. The summed E-state index contributed by atoms with van der Waals surface area (Å²) in [6.45, 7) is 4.22. The van der Waals surface area contributed by atoms with Gasteiger partial charge in [-0.1, -0.05) is 0 Å². The van der Waals surface area contributed by atoms with Gasteiger partial charge in [-0.2, -0.15) is 24.9 Å². The molecule has 0 heterocycles. The Balaban J connectivity index is 0.00000729. The molecule has 1 aromatic carbocycles. The highest BCUT2D eigenvalue weighted by atomic mass is 127. The van der Waals surface area contributed by atoms with Crippen LogP contribution < -0.4 is 16.0 Å². The zero-order valence-corrected chi connectivity index (χ0v) is 19.2. The van der Waals surface area contributed by atoms with Gasteiger partial charge in [-0.05, 0) is 56.0 Å². The minimum Gasteiger partial charge on any atom is -0.357 e. The molecule has 0 fully saturated rings. The Morgan fingerprint density at radius 1 is 1.07 bits per heavy atom. The van der Waals surface area contributed by atoms with Crippen LogP contribution in [-0.2, 0) is 6.18 Å². The monoisotopic (exact) mass is 532 g/mol. The molecule has 3 N–H and O–H groups in total. The van der Waals surface area contributed by atoms with Gasteiger partial charge in [0, 0.05) is 31.7 Å². The standard InChI is InChI=1S/C18H27F3N4OS.HI/c1-3-22-17(24-10-4-5-13-27-2)25-12-11-23-16(26)14-6-8-15(9-7-14)18(19,20)21;/h6-9H,3-5,10-13H2,1-2H3,(H,23,26)(H2,22,24,25);1H. The maximum absolute atomic E-state index is 12.5.